The summed E-state index contributed by atoms with van der Waals surface area (Å²) in [6.07, 6.45) is 5.00. The Kier molecular flexibility index (Phi) is 3.52. The van der Waals surface area contributed by atoms with E-state index in [1.54, 1.807) is 5.56 Å². The molecule has 2 rings (SSSR count). The van der Waals surface area contributed by atoms with Crippen molar-refractivity contribution in [2.75, 3.05) is 11.4 Å². The summed E-state index contributed by atoms with van der Waals surface area (Å²) >= 11 is 0. The second-order valence-electron chi connectivity index (χ2n) is 5.10. The highest BCUT2D eigenvalue weighted by atomic mass is 15.2. The van der Waals surface area contributed by atoms with Crippen LogP contribution in [0.25, 0.3) is 0 Å². The molecule has 1 aliphatic heterocycles. The minimum absolute atomic E-state index is 0.621. The zero-order valence-electron chi connectivity index (χ0n) is 10.8. The summed E-state index contributed by atoms with van der Waals surface area (Å²) in [5.41, 5.74) is 4.53. The molecule has 0 amide bonds. The van der Waals surface area contributed by atoms with Gasteiger partial charge in [0, 0.05) is 18.3 Å². The van der Waals surface area contributed by atoms with Gasteiger partial charge in [-0.2, -0.15) is 0 Å². The van der Waals surface area contributed by atoms with Gasteiger partial charge in [0.05, 0.1) is 0 Å². The van der Waals surface area contributed by atoms with E-state index in [9.17, 15) is 0 Å². The molecule has 1 heteroatoms. The lowest BCUT2D eigenvalue weighted by atomic mass is 9.97. The Morgan fingerprint density at radius 2 is 2.12 bits per heavy atom. The highest BCUT2D eigenvalue weighted by molar-refractivity contribution is 5.57. The number of fused-ring (bicyclic) bond motifs is 1. The van der Waals surface area contributed by atoms with Crippen LogP contribution in [0.2, 0.25) is 0 Å². The molecule has 0 saturated heterocycles. The van der Waals surface area contributed by atoms with Gasteiger partial charge in [-0.25, -0.2) is 0 Å². The van der Waals surface area contributed by atoms with E-state index in [1.807, 2.05) is 0 Å². The monoisotopic (exact) mass is 217 g/mol. The third-order valence-corrected chi connectivity index (χ3v) is 3.47. The van der Waals surface area contributed by atoms with Crippen molar-refractivity contribution in [3.63, 3.8) is 0 Å². The molecule has 0 aromatic heterocycles. The van der Waals surface area contributed by atoms with Crippen LogP contribution in [0.5, 0.6) is 0 Å². The molecule has 0 bridgehead atoms. The van der Waals surface area contributed by atoms with Crippen LogP contribution in [-0.4, -0.2) is 12.6 Å². The van der Waals surface area contributed by atoms with Gasteiger partial charge < -0.3 is 4.90 Å². The predicted molar refractivity (Wildman–Crippen MR) is 71.2 cm³/mol. The number of anilines is 1. The van der Waals surface area contributed by atoms with E-state index < -0.39 is 0 Å². The Bertz CT molecular complexity index is 354. The first-order valence-corrected chi connectivity index (χ1v) is 6.60. The average molecular weight is 217 g/mol. The second-order valence-corrected chi connectivity index (χ2v) is 5.10. The molecule has 0 radical (unpaired) electrons. The lowest BCUT2D eigenvalue weighted by Crippen LogP contribution is -2.35. The van der Waals surface area contributed by atoms with E-state index in [-0.39, 0.29) is 0 Å². The molecule has 1 nitrogen and oxygen atoms in total. The predicted octanol–water partition coefficient (Wildman–Crippen LogP) is 3.80. The Morgan fingerprint density at radius 3 is 2.81 bits per heavy atom. The van der Waals surface area contributed by atoms with Crippen LogP contribution >= 0.6 is 0 Å². The number of hydrogen-bond donors (Lipinski definition) is 0. The zero-order valence-corrected chi connectivity index (χ0v) is 10.8. The van der Waals surface area contributed by atoms with E-state index in [2.05, 4.69) is 43.9 Å². The highest BCUT2D eigenvalue weighted by Crippen LogP contribution is 2.30. The number of aryl methyl sites for hydroxylation is 2. The molecule has 0 spiro atoms. The SMILES string of the molecule is CCCc1ccc2c(c1)N(C(C)C)CCC2. The van der Waals surface area contributed by atoms with Crippen molar-refractivity contribution in [3.8, 4) is 0 Å². The summed E-state index contributed by atoms with van der Waals surface area (Å²) in [6, 6.07) is 7.69. The van der Waals surface area contributed by atoms with Crippen LogP contribution in [0.1, 0.15) is 44.7 Å². The summed E-state index contributed by atoms with van der Waals surface area (Å²) in [6.45, 7) is 8.06. The summed E-state index contributed by atoms with van der Waals surface area (Å²) in [5, 5.41) is 0. The molecular weight excluding hydrogens is 194 g/mol. The van der Waals surface area contributed by atoms with E-state index in [4.69, 9.17) is 0 Å². The molecule has 16 heavy (non-hydrogen) atoms. The third-order valence-electron chi connectivity index (χ3n) is 3.47. The van der Waals surface area contributed by atoms with Crippen molar-refractivity contribution in [2.45, 2.75) is 52.5 Å². The summed E-state index contributed by atoms with van der Waals surface area (Å²) < 4.78 is 0. The maximum Gasteiger partial charge on any atom is 0.0403 e. The molecule has 0 atom stereocenters. The van der Waals surface area contributed by atoms with Gasteiger partial charge in [-0.3, -0.25) is 0 Å². The van der Waals surface area contributed by atoms with Gasteiger partial charge >= 0.3 is 0 Å². The van der Waals surface area contributed by atoms with E-state index >= 15 is 0 Å². The Balaban J connectivity index is 2.32. The summed E-state index contributed by atoms with van der Waals surface area (Å²) in [5.74, 6) is 0. The van der Waals surface area contributed by atoms with Crippen LogP contribution in [0.3, 0.4) is 0 Å². The number of benzene rings is 1. The van der Waals surface area contributed by atoms with Crippen LogP contribution in [-0.2, 0) is 12.8 Å². The molecule has 1 aromatic carbocycles. The fourth-order valence-electron chi connectivity index (χ4n) is 2.63. The minimum Gasteiger partial charge on any atom is -0.369 e. The average Bonchev–Trinajstić information content (AvgIpc) is 2.28. The largest absolute Gasteiger partial charge is 0.369 e. The van der Waals surface area contributed by atoms with Gasteiger partial charge in [-0.1, -0.05) is 25.5 Å². The third kappa shape index (κ3) is 2.23. The molecule has 0 unspecified atom stereocenters. The number of rotatable bonds is 3. The van der Waals surface area contributed by atoms with Crippen LogP contribution in [0, 0.1) is 0 Å². The first-order valence-electron chi connectivity index (χ1n) is 6.60. The smallest absolute Gasteiger partial charge is 0.0403 e. The molecule has 0 fully saturated rings. The van der Waals surface area contributed by atoms with Crippen LogP contribution in [0.15, 0.2) is 18.2 Å². The molecule has 0 N–H and O–H groups in total. The normalized spacial score (nSPS) is 15.4. The van der Waals surface area contributed by atoms with Crippen molar-refractivity contribution in [2.24, 2.45) is 0 Å². The molecule has 0 saturated carbocycles. The highest BCUT2D eigenvalue weighted by Gasteiger charge is 2.18. The van der Waals surface area contributed by atoms with E-state index in [1.165, 1.54) is 43.5 Å². The van der Waals surface area contributed by atoms with Gasteiger partial charge in [0.25, 0.3) is 0 Å². The molecule has 1 heterocycles. The fraction of sp³-hybridized carbons (Fsp3) is 0.600. The van der Waals surface area contributed by atoms with E-state index in [0.29, 0.717) is 6.04 Å². The van der Waals surface area contributed by atoms with Gasteiger partial charge in [0.2, 0.25) is 0 Å². The van der Waals surface area contributed by atoms with Gasteiger partial charge in [0.15, 0.2) is 0 Å². The molecule has 0 aliphatic carbocycles. The quantitative estimate of drug-likeness (QED) is 0.744. The Hall–Kier alpha value is -0.980. The van der Waals surface area contributed by atoms with Crippen molar-refractivity contribution >= 4 is 5.69 Å². The number of nitrogens with zero attached hydrogens (tertiary/aromatic N) is 1. The topological polar surface area (TPSA) is 3.24 Å². The number of hydrogen-bond acceptors (Lipinski definition) is 1. The first kappa shape index (κ1) is 11.5. The van der Waals surface area contributed by atoms with E-state index in [0.717, 1.165) is 0 Å². The van der Waals surface area contributed by atoms with Gasteiger partial charge in [-0.05, 0) is 50.3 Å². The summed E-state index contributed by atoms with van der Waals surface area (Å²) in [7, 11) is 0. The van der Waals surface area contributed by atoms with Crippen LogP contribution in [0.4, 0.5) is 5.69 Å². The fourth-order valence-corrected chi connectivity index (χ4v) is 2.63. The first-order chi connectivity index (χ1) is 7.72. The Labute approximate surface area is 99.5 Å². The molecule has 1 aromatic rings. The van der Waals surface area contributed by atoms with Gasteiger partial charge in [0.1, 0.15) is 0 Å². The maximum atomic E-state index is 2.55. The van der Waals surface area contributed by atoms with Crippen molar-refractivity contribution in [3.05, 3.63) is 29.3 Å². The lowest BCUT2D eigenvalue weighted by molar-refractivity contribution is 0.625. The van der Waals surface area contributed by atoms with Crippen molar-refractivity contribution < 1.29 is 0 Å². The maximum absolute atomic E-state index is 2.55. The van der Waals surface area contributed by atoms with Crippen molar-refractivity contribution in [1.29, 1.82) is 0 Å². The van der Waals surface area contributed by atoms with Crippen LogP contribution < -0.4 is 4.90 Å². The standard InChI is InChI=1S/C15H23N/c1-4-6-13-8-9-14-7-5-10-16(12(2)3)15(14)11-13/h8-9,11-12H,4-7,10H2,1-3H3. The second kappa shape index (κ2) is 4.90. The van der Waals surface area contributed by atoms with Gasteiger partial charge in [-0.15, -0.1) is 0 Å². The van der Waals surface area contributed by atoms with Crippen molar-refractivity contribution in [1.82, 2.24) is 0 Å². The molecule has 88 valence electrons. The molecule has 1 aliphatic rings. The summed E-state index contributed by atoms with van der Waals surface area (Å²) in [4.78, 5) is 2.55. The minimum atomic E-state index is 0.621. The molecular formula is C15H23N. The zero-order chi connectivity index (χ0) is 11.5. The lowest BCUT2D eigenvalue weighted by Gasteiger charge is -2.35. The Morgan fingerprint density at radius 1 is 1.31 bits per heavy atom.